The number of guanidine groups is 1. The molecule has 0 bridgehead atoms. The van der Waals surface area contributed by atoms with Crippen molar-refractivity contribution in [2.24, 2.45) is 10.7 Å². The van der Waals surface area contributed by atoms with Gasteiger partial charge in [0.05, 0.1) is 18.8 Å². The predicted molar refractivity (Wildman–Crippen MR) is 116 cm³/mol. The summed E-state index contributed by atoms with van der Waals surface area (Å²) in [5, 5.41) is 0. The molecule has 0 saturated carbocycles. The van der Waals surface area contributed by atoms with Crippen molar-refractivity contribution in [1.82, 2.24) is 9.88 Å². The second kappa shape index (κ2) is 9.82. The van der Waals surface area contributed by atoms with Gasteiger partial charge in [-0.05, 0) is 25.5 Å². The van der Waals surface area contributed by atoms with Gasteiger partial charge < -0.3 is 20.3 Å². The van der Waals surface area contributed by atoms with Crippen molar-refractivity contribution in [1.29, 1.82) is 0 Å². The van der Waals surface area contributed by atoms with Gasteiger partial charge in [-0.1, -0.05) is 6.07 Å². The maximum Gasteiger partial charge on any atom is 0.191 e. The fraction of sp³-hybridized carbons (Fsp3) is 0.647. The summed E-state index contributed by atoms with van der Waals surface area (Å²) in [6.45, 7) is 8.54. The van der Waals surface area contributed by atoms with Crippen molar-refractivity contribution in [3.63, 3.8) is 0 Å². The van der Waals surface area contributed by atoms with Crippen LogP contribution in [-0.2, 0) is 11.3 Å². The number of nitrogens with zero attached hydrogens (tertiary/aromatic N) is 4. The topological polar surface area (TPSA) is 67.0 Å². The highest BCUT2D eigenvalue weighted by Crippen LogP contribution is 2.18. The minimum absolute atomic E-state index is 0. The lowest BCUT2D eigenvalue weighted by Gasteiger charge is -2.36. The standard InChI is InChI=1S/C17H27N5OS.HI/c1-13-11-22(12-14(2)23-13)16-4-3-15(9-19-16)10-20-17(18)21-5-7-24-8-6-21;/h3-4,9,13-14H,5-8,10-12H2,1-2H3,(H2,18,20);1H. The van der Waals surface area contributed by atoms with Crippen LogP contribution < -0.4 is 10.6 Å². The van der Waals surface area contributed by atoms with Crippen molar-refractivity contribution in [2.45, 2.75) is 32.6 Å². The summed E-state index contributed by atoms with van der Waals surface area (Å²) < 4.78 is 5.78. The van der Waals surface area contributed by atoms with Crippen molar-refractivity contribution < 1.29 is 4.74 Å². The van der Waals surface area contributed by atoms with Gasteiger partial charge in [0.1, 0.15) is 5.82 Å². The largest absolute Gasteiger partial charge is 0.372 e. The summed E-state index contributed by atoms with van der Waals surface area (Å²) in [5.74, 6) is 3.91. The Morgan fingerprint density at radius 1 is 1.28 bits per heavy atom. The van der Waals surface area contributed by atoms with Crippen molar-refractivity contribution >= 4 is 47.5 Å². The first-order valence-corrected chi connectivity index (χ1v) is 9.75. The molecule has 0 aliphatic carbocycles. The Balaban J connectivity index is 0.00000225. The molecule has 6 nitrogen and oxygen atoms in total. The molecule has 0 spiro atoms. The normalized spacial score (nSPS) is 24.8. The fourth-order valence-corrected chi connectivity index (χ4v) is 4.03. The van der Waals surface area contributed by atoms with Gasteiger partial charge >= 0.3 is 0 Å². The Bertz CT molecular complexity index is 555. The van der Waals surface area contributed by atoms with E-state index in [9.17, 15) is 0 Å². The number of nitrogens with two attached hydrogens (primary N) is 1. The van der Waals surface area contributed by atoms with Crippen molar-refractivity contribution in [2.75, 3.05) is 42.6 Å². The van der Waals surface area contributed by atoms with E-state index in [4.69, 9.17) is 10.5 Å². The van der Waals surface area contributed by atoms with Crippen LogP contribution in [0.2, 0.25) is 0 Å². The number of aromatic nitrogens is 1. The van der Waals surface area contributed by atoms with E-state index in [0.29, 0.717) is 12.5 Å². The lowest BCUT2D eigenvalue weighted by atomic mass is 10.2. The van der Waals surface area contributed by atoms with Crippen LogP contribution in [0.1, 0.15) is 19.4 Å². The summed E-state index contributed by atoms with van der Waals surface area (Å²) in [7, 11) is 0. The number of hydrogen-bond acceptors (Lipinski definition) is 5. The Labute approximate surface area is 171 Å². The molecule has 3 rings (SSSR count). The molecule has 0 amide bonds. The molecule has 2 aliphatic heterocycles. The highest BCUT2D eigenvalue weighted by Gasteiger charge is 2.22. The molecular formula is C17H28IN5OS. The first kappa shape index (κ1) is 20.6. The van der Waals surface area contributed by atoms with E-state index in [-0.39, 0.29) is 36.2 Å². The van der Waals surface area contributed by atoms with Crippen LogP contribution in [0.3, 0.4) is 0 Å². The lowest BCUT2D eigenvalue weighted by molar-refractivity contribution is -0.00545. The second-order valence-electron chi connectivity index (χ2n) is 6.46. The van der Waals surface area contributed by atoms with E-state index in [0.717, 1.165) is 49.1 Å². The Morgan fingerprint density at radius 3 is 2.56 bits per heavy atom. The summed E-state index contributed by atoms with van der Waals surface area (Å²) >= 11 is 1.97. The zero-order chi connectivity index (χ0) is 16.9. The Morgan fingerprint density at radius 2 is 1.96 bits per heavy atom. The van der Waals surface area contributed by atoms with Crippen LogP contribution in [0.4, 0.5) is 5.82 Å². The predicted octanol–water partition coefficient (Wildman–Crippen LogP) is 2.18. The molecular weight excluding hydrogens is 449 g/mol. The number of hydrogen-bond donors (Lipinski definition) is 1. The average Bonchev–Trinajstić information content (AvgIpc) is 2.60. The maximum absolute atomic E-state index is 6.10. The van der Waals surface area contributed by atoms with Crippen LogP contribution in [0.15, 0.2) is 23.3 Å². The zero-order valence-electron chi connectivity index (χ0n) is 14.9. The number of pyridine rings is 1. The fourth-order valence-electron chi connectivity index (χ4n) is 3.13. The highest BCUT2D eigenvalue weighted by molar-refractivity contribution is 14.0. The maximum atomic E-state index is 6.10. The van der Waals surface area contributed by atoms with Gasteiger partial charge in [0.2, 0.25) is 0 Å². The molecule has 0 radical (unpaired) electrons. The van der Waals surface area contributed by atoms with E-state index < -0.39 is 0 Å². The first-order valence-electron chi connectivity index (χ1n) is 8.60. The van der Waals surface area contributed by atoms with Crippen LogP contribution in [0.25, 0.3) is 0 Å². The average molecular weight is 477 g/mol. The van der Waals surface area contributed by atoms with E-state index in [2.05, 4.69) is 45.8 Å². The second-order valence-corrected chi connectivity index (χ2v) is 7.69. The summed E-state index contributed by atoms with van der Waals surface area (Å²) in [4.78, 5) is 13.6. The van der Waals surface area contributed by atoms with E-state index >= 15 is 0 Å². The minimum atomic E-state index is 0. The third-order valence-corrected chi connectivity index (χ3v) is 5.25. The number of anilines is 1. The Kier molecular flexibility index (Phi) is 8.08. The van der Waals surface area contributed by atoms with E-state index in [1.807, 2.05) is 18.0 Å². The van der Waals surface area contributed by atoms with E-state index in [1.165, 1.54) is 0 Å². The smallest absolute Gasteiger partial charge is 0.191 e. The zero-order valence-corrected chi connectivity index (χ0v) is 18.1. The molecule has 2 N–H and O–H groups in total. The summed E-state index contributed by atoms with van der Waals surface area (Å²) in [6.07, 6.45) is 2.38. The quantitative estimate of drug-likeness (QED) is 0.409. The molecule has 2 atom stereocenters. The van der Waals surface area contributed by atoms with E-state index in [1.54, 1.807) is 0 Å². The number of ether oxygens (including phenoxy) is 1. The van der Waals surface area contributed by atoms with Crippen LogP contribution in [0, 0.1) is 0 Å². The summed E-state index contributed by atoms with van der Waals surface area (Å²) in [5.41, 5.74) is 7.18. The number of aliphatic imine (C=N–C) groups is 1. The molecule has 8 heteroatoms. The van der Waals surface area contributed by atoms with Crippen molar-refractivity contribution in [3.8, 4) is 0 Å². The van der Waals surface area contributed by atoms with Crippen LogP contribution in [-0.4, -0.2) is 65.7 Å². The minimum Gasteiger partial charge on any atom is -0.372 e. The van der Waals surface area contributed by atoms with Gasteiger partial charge in [-0.3, -0.25) is 0 Å². The number of halogens is 1. The van der Waals surface area contributed by atoms with Crippen LogP contribution in [0.5, 0.6) is 0 Å². The molecule has 2 saturated heterocycles. The monoisotopic (exact) mass is 477 g/mol. The first-order chi connectivity index (χ1) is 11.6. The molecule has 2 aliphatic rings. The van der Waals surface area contributed by atoms with Gasteiger partial charge in [-0.25, -0.2) is 9.98 Å². The molecule has 3 heterocycles. The molecule has 1 aromatic heterocycles. The van der Waals surface area contributed by atoms with Gasteiger partial charge in [0.25, 0.3) is 0 Å². The third-order valence-electron chi connectivity index (χ3n) is 4.31. The SMILES string of the molecule is CC1CN(c2ccc(CN=C(N)N3CCSCC3)cn2)CC(C)O1.I. The Hall–Kier alpha value is -0.740. The number of thioether (sulfide) groups is 1. The van der Waals surface area contributed by atoms with Gasteiger partial charge in [0.15, 0.2) is 5.96 Å². The van der Waals surface area contributed by atoms with Crippen LogP contribution >= 0.6 is 35.7 Å². The number of morpholine rings is 1. The third kappa shape index (κ3) is 5.89. The highest BCUT2D eigenvalue weighted by atomic mass is 127. The lowest BCUT2D eigenvalue weighted by Crippen LogP contribution is -2.45. The molecule has 0 aromatic carbocycles. The van der Waals surface area contributed by atoms with Gasteiger partial charge in [0, 0.05) is 43.9 Å². The molecule has 140 valence electrons. The summed E-state index contributed by atoms with van der Waals surface area (Å²) in [6, 6.07) is 4.17. The van der Waals surface area contributed by atoms with Gasteiger partial charge in [-0.15, -0.1) is 24.0 Å². The molecule has 2 fully saturated rings. The van der Waals surface area contributed by atoms with Crippen molar-refractivity contribution in [3.05, 3.63) is 23.9 Å². The molecule has 2 unspecified atom stereocenters. The van der Waals surface area contributed by atoms with Gasteiger partial charge in [-0.2, -0.15) is 11.8 Å². The molecule has 25 heavy (non-hydrogen) atoms. The molecule has 1 aromatic rings. The number of rotatable bonds is 3.